The maximum absolute atomic E-state index is 14.1. The number of sulfonamides is 1. The zero-order chi connectivity index (χ0) is 17.2. The molecule has 0 radical (unpaired) electrons. The molecule has 0 aliphatic carbocycles. The Labute approximate surface area is 132 Å². The van der Waals surface area contributed by atoms with Crippen LogP contribution in [0.3, 0.4) is 0 Å². The number of aromatic carboxylic acids is 1. The summed E-state index contributed by atoms with van der Waals surface area (Å²) in [5.41, 5.74) is -0.0548. The molecule has 2 rings (SSSR count). The fourth-order valence-electron chi connectivity index (χ4n) is 2.03. The van der Waals surface area contributed by atoms with E-state index in [1.165, 1.54) is 50.4 Å². The van der Waals surface area contributed by atoms with Gasteiger partial charge in [-0.15, -0.1) is 0 Å². The van der Waals surface area contributed by atoms with Crippen LogP contribution in [0.2, 0.25) is 0 Å². The molecule has 2 aromatic rings. The predicted octanol–water partition coefficient (Wildman–Crippen LogP) is 2.64. The average Bonchev–Trinajstić information content (AvgIpc) is 2.48. The van der Waals surface area contributed by atoms with E-state index in [0.717, 1.165) is 0 Å². The van der Waals surface area contributed by atoms with Crippen LogP contribution in [0, 0.1) is 12.7 Å². The van der Waals surface area contributed by atoms with E-state index >= 15 is 0 Å². The van der Waals surface area contributed by atoms with Crippen LogP contribution in [0.5, 0.6) is 5.75 Å². The van der Waals surface area contributed by atoms with Crippen molar-refractivity contribution in [1.29, 1.82) is 0 Å². The lowest BCUT2D eigenvalue weighted by molar-refractivity contribution is 0.0696. The first-order valence-corrected chi connectivity index (χ1v) is 7.94. The Kier molecular flexibility index (Phi) is 4.55. The largest absolute Gasteiger partial charge is 0.494 e. The molecule has 0 aliphatic rings. The third kappa shape index (κ3) is 3.42. The fourth-order valence-corrected chi connectivity index (χ4v) is 3.32. The van der Waals surface area contributed by atoms with Crippen LogP contribution in [0.4, 0.5) is 10.1 Å². The summed E-state index contributed by atoms with van der Waals surface area (Å²) >= 11 is 0. The molecule has 0 saturated carbocycles. The Morgan fingerprint density at radius 2 is 1.96 bits per heavy atom. The van der Waals surface area contributed by atoms with Gasteiger partial charge in [0.2, 0.25) is 0 Å². The second-order valence-electron chi connectivity index (χ2n) is 4.71. The number of halogens is 1. The van der Waals surface area contributed by atoms with Gasteiger partial charge in [-0.05, 0) is 42.8 Å². The molecule has 0 unspecified atom stereocenters. The third-order valence-electron chi connectivity index (χ3n) is 3.14. The van der Waals surface area contributed by atoms with Gasteiger partial charge in [-0.3, -0.25) is 4.72 Å². The van der Waals surface area contributed by atoms with Gasteiger partial charge in [0.15, 0.2) is 11.6 Å². The Balaban J connectivity index is 2.42. The quantitative estimate of drug-likeness (QED) is 0.873. The predicted molar refractivity (Wildman–Crippen MR) is 81.9 cm³/mol. The zero-order valence-corrected chi connectivity index (χ0v) is 13.1. The summed E-state index contributed by atoms with van der Waals surface area (Å²) in [5.74, 6) is -2.09. The molecule has 2 N–H and O–H groups in total. The maximum atomic E-state index is 14.1. The number of nitrogens with one attached hydrogen (secondary N) is 1. The van der Waals surface area contributed by atoms with Crippen molar-refractivity contribution in [3.63, 3.8) is 0 Å². The molecule has 0 atom stereocenters. The molecule has 122 valence electrons. The summed E-state index contributed by atoms with van der Waals surface area (Å²) in [6.07, 6.45) is 0. The maximum Gasteiger partial charge on any atom is 0.335 e. The molecule has 0 aromatic heterocycles. The first kappa shape index (κ1) is 16.8. The number of methoxy groups -OCH3 is 1. The number of hydrogen-bond donors (Lipinski definition) is 2. The monoisotopic (exact) mass is 339 g/mol. The van der Waals surface area contributed by atoms with Crippen LogP contribution in [0.1, 0.15) is 15.9 Å². The highest BCUT2D eigenvalue weighted by Crippen LogP contribution is 2.27. The van der Waals surface area contributed by atoms with Gasteiger partial charge in [-0.25, -0.2) is 17.6 Å². The topological polar surface area (TPSA) is 92.7 Å². The van der Waals surface area contributed by atoms with Crippen molar-refractivity contribution in [3.8, 4) is 5.75 Å². The van der Waals surface area contributed by atoms with Gasteiger partial charge >= 0.3 is 5.97 Å². The molecule has 0 spiro atoms. The van der Waals surface area contributed by atoms with E-state index in [1.54, 1.807) is 0 Å². The molecule has 8 heteroatoms. The van der Waals surface area contributed by atoms with E-state index in [4.69, 9.17) is 9.84 Å². The first-order chi connectivity index (χ1) is 10.8. The van der Waals surface area contributed by atoms with E-state index in [2.05, 4.69) is 4.72 Å². The molecule has 23 heavy (non-hydrogen) atoms. The number of carboxylic acids is 1. The number of anilines is 1. The molecule has 0 bridgehead atoms. The number of rotatable bonds is 5. The van der Waals surface area contributed by atoms with Gasteiger partial charge in [-0.2, -0.15) is 0 Å². The van der Waals surface area contributed by atoms with Crippen molar-refractivity contribution in [2.24, 2.45) is 0 Å². The van der Waals surface area contributed by atoms with Gasteiger partial charge in [0.25, 0.3) is 10.0 Å². The van der Waals surface area contributed by atoms with Crippen LogP contribution in [-0.4, -0.2) is 26.6 Å². The van der Waals surface area contributed by atoms with E-state index < -0.39 is 21.8 Å². The van der Waals surface area contributed by atoms with Crippen molar-refractivity contribution < 1.29 is 27.4 Å². The number of hydrogen-bond acceptors (Lipinski definition) is 4. The fraction of sp³-hybridized carbons (Fsp3) is 0.133. The minimum Gasteiger partial charge on any atom is -0.494 e. The lowest BCUT2D eigenvalue weighted by Gasteiger charge is -2.12. The van der Waals surface area contributed by atoms with Crippen molar-refractivity contribution in [3.05, 3.63) is 53.3 Å². The van der Waals surface area contributed by atoms with Gasteiger partial charge < -0.3 is 9.84 Å². The average molecular weight is 339 g/mol. The summed E-state index contributed by atoms with van der Waals surface area (Å²) < 4.78 is 45.8. The molecule has 0 heterocycles. The SMILES string of the molecule is COc1cccc(NS(=O)(=O)c2ccc(C(=O)O)cc2C)c1F. The molecule has 2 aromatic carbocycles. The number of benzene rings is 2. The van der Waals surface area contributed by atoms with Crippen LogP contribution in [-0.2, 0) is 10.0 Å². The van der Waals surface area contributed by atoms with E-state index in [1.807, 2.05) is 0 Å². The molecule has 0 saturated heterocycles. The summed E-state index contributed by atoms with van der Waals surface area (Å²) in [4.78, 5) is 10.8. The second kappa shape index (κ2) is 6.25. The summed E-state index contributed by atoms with van der Waals surface area (Å²) in [5, 5.41) is 8.90. The van der Waals surface area contributed by atoms with Crippen LogP contribution in [0.15, 0.2) is 41.3 Å². The van der Waals surface area contributed by atoms with Crippen molar-refractivity contribution >= 4 is 21.7 Å². The highest BCUT2D eigenvalue weighted by Gasteiger charge is 2.21. The second-order valence-corrected chi connectivity index (χ2v) is 6.36. The van der Waals surface area contributed by atoms with Crippen molar-refractivity contribution in [2.75, 3.05) is 11.8 Å². The standard InChI is InChI=1S/C15H14FNO5S/c1-9-8-10(15(18)19)6-7-13(9)23(20,21)17-11-4-3-5-12(22-2)14(11)16/h3-8,17H,1-2H3,(H,18,19). The Morgan fingerprint density at radius 3 is 2.52 bits per heavy atom. The van der Waals surface area contributed by atoms with E-state index in [0.29, 0.717) is 0 Å². The van der Waals surface area contributed by atoms with Crippen LogP contribution < -0.4 is 9.46 Å². The van der Waals surface area contributed by atoms with Gasteiger partial charge in [0.05, 0.1) is 23.3 Å². The van der Waals surface area contributed by atoms with Gasteiger partial charge in [0.1, 0.15) is 0 Å². The van der Waals surface area contributed by atoms with E-state index in [-0.39, 0.29) is 27.5 Å². The molecular formula is C15H14FNO5S. The molecule has 0 amide bonds. The zero-order valence-electron chi connectivity index (χ0n) is 12.3. The number of carboxylic acid groups (broad SMARTS) is 1. The summed E-state index contributed by atoms with van der Waals surface area (Å²) in [6.45, 7) is 1.46. The van der Waals surface area contributed by atoms with Gasteiger partial charge in [0, 0.05) is 0 Å². The minimum atomic E-state index is -4.07. The minimum absolute atomic E-state index is 0.0333. The molecule has 0 aliphatic heterocycles. The smallest absolute Gasteiger partial charge is 0.335 e. The molecule has 0 fully saturated rings. The lowest BCUT2D eigenvalue weighted by Crippen LogP contribution is -2.16. The van der Waals surface area contributed by atoms with Crippen LogP contribution >= 0.6 is 0 Å². The number of ether oxygens (including phenoxy) is 1. The van der Waals surface area contributed by atoms with Crippen molar-refractivity contribution in [2.45, 2.75) is 11.8 Å². The van der Waals surface area contributed by atoms with Crippen molar-refractivity contribution in [1.82, 2.24) is 0 Å². The number of carbonyl (C=O) groups is 1. The Morgan fingerprint density at radius 1 is 1.26 bits per heavy atom. The molecular weight excluding hydrogens is 325 g/mol. The summed E-state index contributed by atoms with van der Waals surface area (Å²) in [6, 6.07) is 7.64. The summed E-state index contributed by atoms with van der Waals surface area (Å²) in [7, 11) is -2.80. The Bertz CT molecular complexity index is 864. The van der Waals surface area contributed by atoms with Gasteiger partial charge in [-0.1, -0.05) is 6.07 Å². The highest BCUT2D eigenvalue weighted by atomic mass is 32.2. The first-order valence-electron chi connectivity index (χ1n) is 6.45. The Hall–Kier alpha value is -2.61. The third-order valence-corrected chi connectivity index (χ3v) is 4.66. The highest BCUT2D eigenvalue weighted by molar-refractivity contribution is 7.92. The van der Waals surface area contributed by atoms with Crippen LogP contribution in [0.25, 0.3) is 0 Å². The number of aryl methyl sites for hydroxylation is 1. The normalized spacial score (nSPS) is 11.1. The van der Waals surface area contributed by atoms with E-state index in [9.17, 15) is 17.6 Å². The molecule has 6 nitrogen and oxygen atoms in total. The lowest BCUT2D eigenvalue weighted by atomic mass is 10.1.